The number of hydrogen-bond acceptors (Lipinski definition) is 4. The van der Waals surface area contributed by atoms with Crippen molar-refractivity contribution >= 4 is 39.3 Å². The summed E-state index contributed by atoms with van der Waals surface area (Å²) in [6, 6.07) is 17.4. The van der Waals surface area contributed by atoms with Gasteiger partial charge < -0.3 is 15.1 Å². The number of anilines is 1. The fourth-order valence-electron chi connectivity index (χ4n) is 4.22. The number of hydrogen-bond donors (Lipinski definition) is 1. The number of piperazine rings is 1. The highest BCUT2D eigenvalue weighted by atomic mass is 79.9. The molecule has 7 nitrogen and oxygen atoms in total. The van der Waals surface area contributed by atoms with Crippen LogP contribution in [-0.4, -0.2) is 66.8 Å². The van der Waals surface area contributed by atoms with Crippen molar-refractivity contribution in [1.29, 1.82) is 0 Å². The summed E-state index contributed by atoms with van der Waals surface area (Å²) in [5, 5.41) is 2.95. The zero-order chi connectivity index (χ0) is 22.5. The lowest BCUT2D eigenvalue weighted by atomic mass is 10.1. The summed E-state index contributed by atoms with van der Waals surface area (Å²) in [6.07, 6.45) is 0.238. The predicted molar refractivity (Wildman–Crippen MR) is 126 cm³/mol. The number of nitrogens with zero attached hydrogens (tertiary/aromatic N) is 3. The van der Waals surface area contributed by atoms with E-state index in [0.717, 1.165) is 15.7 Å². The summed E-state index contributed by atoms with van der Waals surface area (Å²) in [5.74, 6) is -0.334. The lowest BCUT2D eigenvalue weighted by molar-refractivity contribution is -0.137. The van der Waals surface area contributed by atoms with E-state index in [2.05, 4.69) is 26.1 Å². The van der Waals surface area contributed by atoms with Gasteiger partial charge in [-0.15, -0.1) is 0 Å². The van der Waals surface area contributed by atoms with Crippen molar-refractivity contribution in [2.24, 2.45) is 5.92 Å². The number of amides is 3. The van der Waals surface area contributed by atoms with Crippen LogP contribution in [0.4, 0.5) is 5.69 Å². The van der Waals surface area contributed by atoms with E-state index < -0.39 is 0 Å². The Balaban J connectivity index is 1.23. The molecule has 4 rings (SSSR count). The summed E-state index contributed by atoms with van der Waals surface area (Å²) in [7, 11) is 0. The third kappa shape index (κ3) is 5.37. The molecule has 32 heavy (non-hydrogen) atoms. The van der Waals surface area contributed by atoms with Crippen LogP contribution >= 0.6 is 15.9 Å². The third-order valence-electron chi connectivity index (χ3n) is 6.00. The van der Waals surface area contributed by atoms with E-state index >= 15 is 0 Å². The summed E-state index contributed by atoms with van der Waals surface area (Å²) in [6.45, 7) is 3.70. The van der Waals surface area contributed by atoms with Crippen molar-refractivity contribution in [2.45, 2.75) is 13.0 Å². The van der Waals surface area contributed by atoms with Gasteiger partial charge in [-0.05, 0) is 33.6 Å². The number of rotatable bonds is 6. The summed E-state index contributed by atoms with van der Waals surface area (Å²) < 4.78 is 0.848. The maximum absolute atomic E-state index is 13.0. The van der Waals surface area contributed by atoms with E-state index in [1.165, 1.54) is 0 Å². The van der Waals surface area contributed by atoms with Crippen molar-refractivity contribution in [3.05, 3.63) is 64.6 Å². The molecule has 2 aromatic carbocycles. The molecule has 0 aliphatic carbocycles. The first-order valence-corrected chi connectivity index (χ1v) is 11.7. The minimum absolute atomic E-state index is 0.0147. The smallest absolute Gasteiger partial charge is 0.234 e. The molecule has 2 fully saturated rings. The van der Waals surface area contributed by atoms with Gasteiger partial charge in [0.1, 0.15) is 0 Å². The number of benzene rings is 2. The first kappa shape index (κ1) is 22.5. The van der Waals surface area contributed by atoms with E-state index in [1.807, 2.05) is 59.5 Å². The van der Waals surface area contributed by atoms with Gasteiger partial charge in [0, 0.05) is 50.2 Å². The lowest BCUT2D eigenvalue weighted by Crippen LogP contribution is -2.52. The molecule has 0 radical (unpaired) electrons. The molecule has 3 amide bonds. The molecule has 0 saturated carbocycles. The maximum atomic E-state index is 13.0. The van der Waals surface area contributed by atoms with Gasteiger partial charge in [-0.3, -0.25) is 19.3 Å². The minimum atomic E-state index is -0.324. The van der Waals surface area contributed by atoms with E-state index in [4.69, 9.17) is 0 Å². The highest BCUT2D eigenvalue weighted by molar-refractivity contribution is 9.10. The SMILES string of the molecule is O=C(CN1CCN(C(=O)C2CC(=O)N(c3ccccc3Br)C2)CC1)NCc1ccccc1. The fraction of sp³-hybridized carbons (Fsp3) is 0.375. The van der Waals surface area contributed by atoms with Crippen LogP contribution in [0.15, 0.2) is 59.1 Å². The monoisotopic (exact) mass is 498 g/mol. The predicted octanol–water partition coefficient (Wildman–Crippen LogP) is 2.26. The van der Waals surface area contributed by atoms with Crippen molar-refractivity contribution in [2.75, 3.05) is 44.2 Å². The van der Waals surface area contributed by atoms with E-state index in [-0.39, 0.29) is 30.1 Å². The second kappa shape index (κ2) is 10.3. The largest absolute Gasteiger partial charge is 0.351 e. The van der Waals surface area contributed by atoms with Gasteiger partial charge in [-0.2, -0.15) is 0 Å². The molecular formula is C24H27BrN4O3. The Hall–Kier alpha value is -2.71. The Morgan fingerprint density at radius 3 is 2.38 bits per heavy atom. The maximum Gasteiger partial charge on any atom is 0.234 e. The number of carbonyl (C=O) groups is 3. The molecule has 2 saturated heterocycles. The van der Waals surface area contributed by atoms with Crippen molar-refractivity contribution in [1.82, 2.24) is 15.1 Å². The highest BCUT2D eigenvalue weighted by Crippen LogP contribution is 2.32. The van der Waals surface area contributed by atoms with Crippen LogP contribution in [0.1, 0.15) is 12.0 Å². The average molecular weight is 499 g/mol. The van der Waals surface area contributed by atoms with Gasteiger partial charge in [0.15, 0.2) is 0 Å². The first-order valence-electron chi connectivity index (χ1n) is 10.9. The molecule has 1 N–H and O–H groups in total. The van der Waals surface area contributed by atoms with Gasteiger partial charge in [-0.1, -0.05) is 42.5 Å². The second-order valence-electron chi connectivity index (χ2n) is 8.22. The average Bonchev–Trinajstić information content (AvgIpc) is 3.20. The van der Waals surface area contributed by atoms with E-state index in [9.17, 15) is 14.4 Å². The standard InChI is InChI=1S/C24H27BrN4O3/c25-20-8-4-5-9-21(20)29-16-19(14-23(29)31)24(32)28-12-10-27(11-13-28)17-22(30)26-15-18-6-2-1-3-7-18/h1-9,19H,10-17H2,(H,26,30). The topological polar surface area (TPSA) is 73.0 Å². The molecule has 0 aromatic heterocycles. The highest BCUT2D eigenvalue weighted by Gasteiger charge is 2.38. The Morgan fingerprint density at radius 1 is 0.969 bits per heavy atom. The molecule has 0 spiro atoms. The Morgan fingerprint density at radius 2 is 1.66 bits per heavy atom. The Kier molecular flexibility index (Phi) is 7.22. The van der Waals surface area contributed by atoms with Crippen LogP contribution in [0.2, 0.25) is 0 Å². The molecule has 1 unspecified atom stereocenters. The molecule has 2 aliphatic rings. The van der Waals surface area contributed by atoms with Gasteiger partial charge in [0.2, 0.25) is 17.7 Å². The summed E-state index contributed by atoms with van der Waals surface area (Å²) in [4.78, 5) is 43.4. The van der Waals surface area contributed by atoms with E-state index in [0.29, 0.717) is 45.8 Å². The number of halogens is 1. The molecule has 2 heterocycles. The zero-order valence-electron chi connectivity index (χ0n) is 17.9. The lowest BCUT2D eigenvalue weighted by Gasteiger charge is -2.35. The third-order valence-corrected chi connectivity index (χ3v) is 6.67. The van der Waals surface area contributed by atoms with Gasteiger partial charge in [0.05, 0.1) is 18.2 Å². The molecule has 2 aliphatic heterocycles. The Bertz CT molecular complexity index is 976. The number of nitrogens with one attached hydrogen (secondary N) is 1. The van der Waals surface area contributed by atoms with Crippen LogP contribution in [0.3, 0.4) is 0 Å². The molecule has 8 heteroatoms. The summed E-state index contributed by atoms with van der Waals surface area (Å²) in [5.41, 5.74) is 1.87. The second-order valence-corrected chi connectivity index (χ2v) is 9.07. The van der Waals surface area contributed by atoms with Crippen molar-refractivity contribution in [3.8, 4) is 0 Å². The molecule has 0 bridgehead atoms. The number of carbonyl (C=O) groups excluding carboxylic acids is 3. The molecule has 168 valence electrons. The van der Waals surface area contributed by atoms with Crippen LogP contribution < -0.4 is 10.2 Å². The van der Waals surface area contributed by atoms with Crippen molar-refractivity contribution in [3.63, 3.8) is 0 Å². The zero-order valence-corrected chi connectivity index (χ0v) is 19.5. The Labute approximate surface area is 196 Å². The molecular weight excluding hydrogens is 472 g/mol. The minimum Gasteiger partial charge on any atom is -0.351 e. The van der Waals surface area contributed by atoms with Crippen LogP contribution in [-0.2, 0) is 20.9 Å². The van der Waals surface area contributed by atoms with Crippen LogP contribution in [0.25, 0.3) is 0 Å². The van der Waals surface area contributed by atoms with Crippen LogP contribution in [0, 0.1) is 5.92 Å². The molecule has 1 atom stereocenters. The normalized spacial score (nSPS) is 19.3. The van der Waals surface area contributed by atoms with Gasteiger partial charge >= 0.3 is 0 Å². The van der Waals surface area contributed by atoms with Crippen LogP contribution in [0.5, 0.6) is 0 Å². The number of para-hydroxylation sites is 1. The molecule has 2 aromatic rings. The quantitative estimate of drug-likeness (QED) is 0.662. The summed E-state index contributed by atoms with van der Waals surface area (Å²) >= 11 is 3.49. The fourth-order valence-corrected chi connectivity index (χ4v) is 4.72. The van der Waals surface area contributed by atoms with Gasteiger partial charge in [0.25, 0.3) is 0 Å². The first-order chi connectivity index (χ1) is 15.5. The van der Waals surface area contributed by atoms with Gasteiger partial charge in [-0.25, -0.2) is 0 Å². The van der Waals surface area contributed by atoms with Crippen molar-refractivity contribution < 1.29 is 14.4 Å². The van der Waals surface area contributed by atoms with E-state index in [1.54, 1.807) is 4.90 Å².